The van der Waals surface area contributed by atoms with Crippen LogP contribution in [0.2, 0.25) is 0 Å². The first kappa shape index (κ1) is 18.5. The van der Waals surface area contributed by atoms with Crippen LogP contribution in [-0.2, 0) is 10.5 Å². The summed E-state index contributed by atoms with van der Waals surface area (Å²) in [6.45, 7) is 1.26. The fourth-order valence-corrected chi connectivity index (χ4v) is 3.70. The molecule has 0 atom stereocenters. The highest BCUT2D eigenvalue weighted by atomic mass is 32.2. The summed E-state index contributed by atoms with van der Waals surface area (Å²) >= 11 is 1.58. The van der Waals surface area contributed by atoms with Crippen LogP contribution in [0.4, 0.5) is 10.1 Å². The molecule has 4 nitrogen and oxygen atoms in total. The quantitative estimate of drug-likeness (QED) is 0.756. The molecule has 0 spiro atoms. The number of nitrogens with one attached hydrogen (secondary N) is 1. The van der Waals surface area contributed by atoms with Crippen molar-refractivity contribution in [1.82, 2.24) is 5.32 Å². The highest BCUT2D eigenvalue weighted by Gasteiger charge is 2.21. The van der Waals surface area contributed by atoms with Crippen molar-refractivity contribution in [3.05, 3.63) is 65.5 Å². The van der Waals surface area contributed by atoms with Gasteiger partial charge < -0.3 is 10.2 Å². The zero-order valence-electron chi connectivity index (χ0n) is 14.4. The first-order valence-corrected chi connectivity index (χ1v) is 9.80. The van der Waals surface area contributed by atoms with E-state index < -0.39 is 0 Å². The lowest BCUT2D eigenvalue weighted by atomic mass is 10.2. The van der Waals surface area contributed by atoms with E-state index in [0.717, 1.165) is 18.7 Å². The van der Waals surface area contributed by atoms with Crippen molar-refractivity contribution >= 4 is 29.3 Å². The van der Waals surface area contributed by atoms with E-state index in [1.54, 1.807) is 40.9 Å². The second kappa shape index (κ2) is 8.85. The topological polar surface area (TPSA) is 49.4 Å². The predicted molar refractivity (Wildman–Crippen MR) is 103 cm³/mol. The molecule has 6 heteroatoms. The average Bonchev–Trinajstić information content (AvgIpc) is 3.09. The third-order valence-electron chi connectivity index (χ3n) is 4.26. The van der Waals surface area contributed by atoms with E-state index in [0.29, 0.717) is 35.6 Å². The van der Waals surface area contributed by atoms with Crippen molar-refractivity contribution in [3.8, 4) is 0 Å². The summed E-state index contributed by atoms with van der Waals surface area (Å²) in [5.74, 6) is 1.09. The second-order valence-corrected chi connectivity index (χ2v) is 7.20. The van der Waals surface area contributed by atoms with Gasteiger partial charge in [-0.2, -0.15) is 11.8 Å². The van der Waals surface area contributed by atoms with Gasteiger partial charge in [0.2, 0.25) is 5.91 Å². The number of hydrogen-bond donors (Lipinski definition) is 1. The molecule has 0 aromatic heterocycles. The Balaban J connectivity index is 1.42. The van der Waals surface area contributed by atoms with E-state index >= 15 is 0 Å². The van der Waals surface area contributed by atoms with E-state index in [2.05, 4.69) is 5.32 Å². The molecule has 26 heavy (non-hydrogen) atoms. The zero-order valence-corrected chi connectivity index (χ0v) is 15.2. The molecule has 0 unspecified atom stereocenters. The Morgan fingerprint density at radius 2 is 1.92 bits per heavy atom. The Kier molecular flexibility index (Phi) is 6.28. The van der Waals surface area contributed by atoms with Gasteiger partial charge in [-0.25, -0.2) is 4.39 Å². The van der Waals surface area contributed by atoms with Gasteiger partial charge in [-0.3, -0.25) is 9.59 Å². The van der Waals surface area contributed by atoms with Gasteiger partial charge in [-0.15, -0.1) is 0 Å². The summed E-state index contributed by atoms with van der Waals surface area (Å²) in [4.78, 5) is 25.7. The van der Waals surface area contributed by atoms with Gasteiger partial charge in [0.1, 0.15) is 5.82 Å². The standard InChI is InChI=1S/C20H21FN2O2S/c21-18-5-2-1-4-16(18)14-26-13-11-22-20(25)15-7-9-17(10-8-15)23-12-3-6-19(23)24/h1-2,4-5,7-10H,3,6,11-14H2,(H,22,25). The number of thioether (sulfide) groups is 1. The number of nitrogens with zero attached hydrogens (tertiary/aromatic N) is 1. The van der Waals surface area contributed by atoms with Crippen LogP contribution in [0, 0.1) is 5.82 Å². The van der Waals surface area contributed by atoms with Crippen molar-refractivity contribution in [1.29, 1.82) is 0 Å². The van der Waals surface area contributed by atoms with Gasteiger partial charge in [0.25, 0.3) is 5.91 Å². The lowest BCUT2D eigenvalue weighted by Gasteiger charge is -2.15. The van der Waals surface area contributed by atoms with E-state index in [1.807, 2.05) is 18.2 Å². The van der Waals surface area contributed by atoms with Gasteiger partial charge in [0.05, 0.1) is 0 Å². The summed E-state index contributed by atoms with van der Waals surface area (Å²) in [5, 5.41) is 2.86. The molecular formula is C20H21FN2O2S. The molecule has 1 aliphatic heterocycles. The van der Waals surface area contributed by atoms with Gasteiger partial charge in [0, 0.05) is 42.3 Å². The maximum atomic E-state index is 13.5. The van der Waals surface area contributed by atoms with E-state index in [9.17, 15) is 14.0 Å². The Bertz CT molecular complexity index is 780. The molecule has 2 aromatic carbocycles. The largest absolute Gasteiger partial charge is 0.351 e. The molecule has 1 N–H and O–H groups in total. The number of carbonyl (C=O) groups is 2. The van der Waals surface area contributed by atoms with Crippen LogP contribution in [0.5, 0.6) is 0 Å². The van der Waals surface area contributed by atoms with Crippen molar-refractivity contribution in [2.45, 2.75) is 18.6 Å². The van der Waals surface area contributed by atoms with Crippen LogP contribution >= 0.6 is 11.8 Å². The van der Waals surface area contributed by atoms with E-state index in [4.69, 9.17) is 0 Å². The van der Waals surface area contributed by atoms with Crippen molar-refractivity contribution in [3.63, 3.8) is 0 Å². The number of anilines is 1. The third kappa shape index (κ3) is 4.64. The molecule has 2 aromatic rings. The normalized spacial score (nSPS) is 13.9. The summed E-state index contributed by atoms with van der Waals surface area (Å²) in [6.07, 6.45) is 1.47. The van der Waals surface area contributed by atoms with Crippen molar-refractivity contribution < 1.29 is 14.0 Å². The molecule has 3 rings (SSSR count). The highest BCUT2D eigenvalue weighted by molar-refractivity contribution is 7.98. The summed E-state index contributed by atoms with van der Waals surface area (Å²) < 4.78 is 13.5. The molecule has 0 aliphatic carbocycles. The Hall–Kier alpha value is -2.34. The molecular weight excluding hydrogens is 351 g/mol. The van der Waals surface area contributed by atoms with Crippen LogP contribution in [0.1, 0.15) is 28.8 Å². The highest BCUT2D eigenvalue weighted by Crippen LogP contribution is 2.21. The first-order valence-electron chi connectivity index (χ1n) is 8.65. The molecule has 0 saturated carbocycles. The minimum absolute atomic E-state index is 0.133. The number of carbonyl (C=O) groups excluding carboxylic acids is 2. The molecule has 1 fully saturated rings. The SMILES string of the molecule is O=C(NCCSCc1ccccc1F)c1ccc(N2CCCC2=O)cc1. The molecule has 0 radical (unpaired) electrons. The first-order chi connectivity index (χ1) is 12.6. The second-order valence-electron chi connectivity index (χ2n) is 6.10. The minimum atomic E-state index is -0.194. The average molecular weight is 372 g/mol. The molecule has 1 saturated heterocycles. The number of benzene rings is 2. The predicted octanol–water partition coefficient (Wildman–Crippen LogP) is 3.62. The number of rotatable bonds is 7. The summed E-state index contributed by atoms with van der Waals surface area (Å²) in [7, 11) is 0. The maximum Gasteiger partial charge on any atom is 0.251 e. The Morgan fingerprint density at radius 1 is 1.15 bits per heavy atom. The molecule has 2 amide bonds. The molecule has 0 bridgehead atoms. The van der Waals surface area contributed by atoms with Gasteiger partial charge in [-0.05, 0) is 42.3 Å². The van der Waals surface area contributed by atoms with Crippen LogP contribution in [0.25, 0.3) is 0 Å². The number of halogens is 1. The number of hydrogen-bond acceptors (Lipinski definition) is 3. The van der Waals surface area contributed by atoms with Crippen LogP contribution in [-0.4, -0.2) is 30.7 Å². The fourth-order valence-electron chi connectivity index (χ4n) is 2.85. The number of amides is 2. The lowest BCUT2D eigenvalue weighted by Crippen LogP contribution is -2.26. The minimum Gasteiger partial charge on any atom is -0.351 e. The summed E-state index contributed by atoms with van der Waals surface area (Å²) in [6, 6.07) is 13.8. The van der Waals surface area contributed by atoms with Crippen molar-refractivity contribution in [2.24, 2.45) is 0 Å². The molecule has 1 aliphatic rings. The van der Waals surface area contributed by atoms with Gasteiger partial charge in [0.15, 0.2) is 0 Å². The van der Waals surface area contributed by atoms with Crippen LogP contribution in [0.3, 0.4) is 0 Å². The third-order valence-corrected chi connectivity index (χ3v) is 5.27. The summed E-state index contributed by atoms with van der Waals surface area (Å²) in [5.41, 5.74) is 2.08. The van der Waals surface area contributed by atoms with E-state index in [1.165, 1.54) is 6.07 Å². The monoisotopic (exact) mass is 372 g/mol. The maximum absolute atomic E-state index is 13.5. The van der Waals surface area contributed by atoms with Crippen LogP contribution < -0.4 is 10.2 Å². The molecule has 136 valence electrons. The smallest absolute Gasteiger partial charge is 0.251 e. The fraction of sp³-hybridized carbons (Fsp3) is 0.300. The van der Waals surface area contributed by atoms with E-state index in [-0.39, 0.29) is 17.6 Å². The van der Waals surface area contributed by atoms with Crippen molar-refractivity contribution in [2.75, 3.05) is 23.7 Å². The van der Waals surface area contributed by atoms with Crippen LogP contribution in [0.15, 0.2) is 48.5 Å². The van der Waals surface area contributed by atoms with Gasteiger partial charge >= 0.3 is 0 Å². The zero-order chi connectivity index (χ0) is 18.4. The lowest BCUT2D eigenvalue weighted by molar-refractivity contribution is -0.117. The molecule has 1 heterocycles. The Labute approximate surface area is 156 Å². The Morgan fingerprint density at radius 3 is 2.62 bits per heavy atom. The van der Waals surface area contributed by atoms with Gasteiger partial charge in [-0.1, -0.05) is 18.2 Å².